The highest BCUT2D eigenvalue weighted by Gasteiger charge is 2.13. The SMILES string of the molecule is Cc1ccc2c(=O)cc(C(=O)NCc3cnc(C)cc3C)oc2c1. The Morgan fingerprint density at radius 1 is 1.17 bits per heavy atom. The van der Waals surface area contributed by atoms with Crippen molar-refractivity contribution in [3.63, 3.8) is 0 Å². The zero-order valence-electron chi connectivity index (χ0n) is 13.8. The second-order valence-corrected chi connectivity index (χ2v) is 5.91. The van der Waals surface area contributed by atoms with Crippen LogP contribution in [0.2, 0.25) is 0 Å². The van der Waals surface area contributed by atoms with Crippen molar-refractivity contribution in [1.82, 2.24) is 10.3 Å². The fraction of sp³-hybridized carbons (Fsp3) is 0.211. The van der Waals surface area contributed by atoms with Gasteiger partial charge in [0.2, 0.25) is 0 Å². The van der Waals surface area contributed by atoms with Crippen molar-refractivity contribution < 1.29 is 9.21 Å². The molecule has 0 fully saturated rings. The molecule has 0 aliphatic rings. The third-order valence-corrected chi connectivity index (χ3v) is 3.90. The lowest BCUT2D eigenvalue weighted by Crippen LogP contribution is -2.24. The zero-order chi connectivity index (χ0) is 17.3. The standard InChI is InChI=1S/C19H18N2O3/c1-11-4-5-15-16(22)8-18(24-17(15)6-11)19(23)21-10-14-9-20-13(3)7-12(14)2/h4-9H,10H2,1-3H3,(H,21,23). The minimum atomic E-state index is -0.421. The molecular formula is C19H18N2O3. The summed E-state index contributed by atoms with van der Waals surface area (Å²) in [5.41, 5.74) is 4.06. The van der Waals surface area contributed by atoms with Crippen molar-refractivity contribution in [2.75, 3.05) is 0 Å². The summed E-state index contributed by atoms with van der Waals surface area (Å²) in [6.07, 6.45) is 1.74. The first-order chi connectivity index (χ1) is 11.4. The van der Waals surface area contributed by atoms with E-state index < -0.39 is 5.91 Å². The topological polar surface area (TPSA) is 72.2 Å². The van der Waals surface area contributed by atoms with Crippen LogP contribution >= 0.6 is 0 Å². The van der Waals surface area contributed by atoms with Gasteiger partial charge in [-0.1, -0.05) is 6.07 Å². The van der Waals surface area contributed by atoms with E-state index in [1.54, 1.807) is 18.3 Å². The zero-order valence-corrected chi connectivity index (χ0v) is 13.8. The number of rotatable bonds is 3. The van der Waals surface area contributed by atoms with Crippen LogP contribution in [0.25, 0.3) is 11.0 Å². The average molecular weight is 322 g/mol. The molecule has 0 atom stereocenters. The number of nitrogens with one attached hydrogen (secondary N) is 1. The first-order valence-corrected chi connectivity index (χ1v) is 7.69. The highest BCUT2D eigenvalue weighted by Crippen LogP contribution is 2.14. The molecule has 3 aromatic rings. The Hall–Kier alpha value is -2.95. The Labute approximate surface area is 139 Å². The molecule has 5 heteroatoms. The normalized spacial score (nSPS) is 10.8. The van der Waals surface area contributed by atoms with Crippen molar-refractivity contribution in [3.8, 4) is 0 Å². The Balaban J connectivity index is 1.84. The summed E-state index contributed by atoms with van der Waals surface area (Å²) in [7, 11) is 0. The number of fused-ring (bicyclic) bond motifs is 1. The van der Waals surface area contributed by atoms with Crippen LogP contribution in [0.5, 0.6) is 0 Å². The van der Waals surface area contributed by atoms with E-state index >= 15 is 0 Å². The lowest BCUT2D eigenvalue weighted by Gasteiger charge is -2.08. The maximum Gasteiger partial charge on any atom is 0.287 e. The molecule has 0 spiro atoms. The summed E-state index contributed by atoms with van der Waals surface area (Å²) < 4.78 is 5.60. The number of benzene rings is 1. The number of hydrogen-bond acceptors (Lipinski definition) is 4. The summed E-state index contributed by atoms with van der Waals surface area (Å²) in [6, 6.07) is 8.49. The molecular weight excluding hydrogens is 304 g/mol. The lowest BCUT2D eigenvalue weighted by atomic mass is 10.1. The number of carbonyl (C=O) groups is 1. The minimum absolute atomic E-state index is 0.0100. The lowest BCUT2D eigenvalue weighted by molar-refractivity contribution is 0.0923. The van der Waals surface area contributed by atoms with E-state index in [-0.39, 0.29) is 11.2 Å². The largest absolute Gasteiger partial charge is 0.451 e. The van der Waals surface area contributed by atoms with Gasteiger partial charge in [-0.25, -0.2) is 0 Å². The van der Waals surface area contributed by atoms with Crippen molar-refractivity contribution in [2.24, 2.45) is 0 Å². The molecule has 1 N–H and O–H groups in total. The van der Waals surface area contributed by atoms with Gasteiger partial charge in [-0.05, 0) is 55.7 Å². The Morgan fingerprint density at radius 2 is 1.96 bits per heavy atom. The summed E-state index contributed by atoms with van der Waals surface area (Å²) in [5, 5.41) is 3.24. The maximum absolute atomic E-state index is 12.3. The number of hydrogen-bond donors (Lipinski definition) is 1. The molecule has 2 heterocycles. The van der Waals surface area contributed by atoms with Gasteiger partial charge in [0, 0.05) is 24.5 Å². The van der Waals surface area contributed by atoms with Crippen molar-refractivity contribution in [3.05, 3.63) is 74.9 Å². The van der Waals surface area contributed by atoms with E-state index in [2.05, 4.69) is 10.3 Å². The van der Waals surface area contributed by atoms with Gasteiger partial charge >= 0.3 is 0 Å². The predicted octanol–water partition coefficient (Wildman–Crippen LogP) is 3.04. The highest BCUT2D eigenvalue weighted by atomic mass is 16.3. The molecule has 5 nitrogen and oxygen atoms in total. The summed E-state index contributed by atoms with van der Waals surface area (Å²) in [6.45, 7) is 6.11. The monoisotopic (exact) mass is 322 g/mol. The van der Waals surface area contributed by atoms with Crippen LogP contribution in [0.3, 0.4) is 0 Å². The van der Waals surface area contributed by atoms with Crippen LogP contribution in [0, 0.1) is 20.8 Å². The fourth-order valence-corrected chi connectivity index (χ4v) is 2.55. The van der Waals surface area contributed by atoms with Gasteiger partial charge in [-0.15, -0.1) is 0 Å². The maximum atomic E-state index is 12.3. The number of pyridine rings is 1. The molecule has 0 aliphatic carbocycles. The molecule has 0 saturated carbocycles. The predicted molar refractivity (Wildman–Crippen MR) is 92.1 cm³/mol. The summed E-state index contributed by atoms with van der Waals surface area (Å²) in [4.78, 5) is 28.7. The number of aryl methyl sites for hydroxylation is 3. The molecule has 0 aliphatic heterocycles. The number of aromatic nitrogens is 1. The van der Waals surface area contributed by atoms with Gasteiger partial charge < -0.3 is 9.73 Å². The Kier molecular flexibility index (Phi) is 4.16. The summed E-state index contributed by atoms with van der Waals surface area (Å²) in [5.74, 6) is -0.411. The first-order valence-electron chi connectivity index (χ1n) is 7.69. The number of amides is 1. The molecule has 0 unspecified atom stereocenters. The fourth-order valence-electron chi connectivity index (χ4n) is 2.55. The van der Waals surface area contributed by atoms with Crippen LogP contribution in [-0.2, 0) is 6.54 Å². The van der Waals surface area contributed by atoms with E-state index in [9.17, 15) is 9.59 Å². The second-order valence-electron chi connectivity index (χ2n) is 5.91. The van der Waals surface area contributed by atoms with Crippen LogP contribution < -0.4 is 10.7 Å². The highest BCUT2D eigenvalue weighted by molar-refractivity contribution is 5.93. The first kappa shape index (κ1) is 15.9. The van der Waals surface area contributed by atoms with Crippen molar-refractivity contribution in [1.29, 1.82) is 0 Å². The Bertz CT molecular complexity index is 990. The molecule has 122 valence electrons. The van der Waals surface area contributed by atoms with Crippen LogP contribution in [0.4, 0.5) is 0 Å². The Morgan fingerprint density at radius 3 is 2.71 bits per heavy atom. The number of nitrogens with zero attached hydrogens (tertiary/aromatic N) is 1. The van der Waals surface area contributed by atoms with E-state index in [0.717, 1.165) is 22.4 Å². The quantitative estimate of drug-likeness (QED) is 0.804. The van der Waals surface area contributed by atoms with Crippen molar-refractivity contribution >= 4 is 16.9 Å². The van der Waals surface area contributed by atoms with E-state index in [4.69, 9.17) is 4.42 Å². The van der Waals surface area contributed by atoms with Gasteiger partial charge in [-0.3, -0.25) is 14.6 Å². The van der Waals surface area contributed by atoms with Crippen LogP contribution in [0.15, 0.2) is 45.7 Å². The van der Waals surface area contributed by atoms with Gasteiger partial charge in [0.25, 0.3) is 5.91 Å². The average Bonchev–Trinajstić information content (AvgIpc) is 2.53. The molecule has 0 radical (unpaired) electrons. The third-order valence-electron chi connectivity index (χ3n) is 3.90. The van der Waals surface area contributed by atoms with Crippen LogP contribution in [-0.4, -0.2) is 10.9 Å². The summed E-state index contributed by atoms with van der Waals surface area (Å²) >= 11 is 0. The molecule has 1 amide bonds. The molecule has 0 saturated heterocycles. The van der Waals surface area contributed by atoms with Gasteiger partial charge in [0.15, 0.2) is 11.2 Å². The third kappa shape index (κ3) is 3.20. The molecule has 2 aromatic heterocycles. The van der Waals surface area contributed by atoms with E-state index in [0.29, 0.717) is 17.5 Å². The second kappa shape index (κ2) is 6.28. The van der Waals surface area contributed by atoms with Gasteiger partial charge in [0.1, 0.15) is 5.58 Å². The van der Waals surface area contributed by atoms with Gasteiger partial charge in [-0.2, -0.15) is 0 Å². The van der Waals surface area contributed by atoms with Crippen LogP contribution in [0.1, 0.15) is 32.9 Å². The molecule has 24 heavy (non-hydrogen) atoms. The van der Waals surface area contributed by atoms with E-state index in [1.807, 2.05) is 32.9 Å². The minimum Gasteiger partial charge on any atom is -0.451 e. The molecule has 1 aromatic carbocycles. The van der Waals surface area contributed by atoms with Crippen molar-refractivity contribution in [2.45, 2.75) is 27.3 Å². The van der Waals surface area contributed by atoms with Gasteiger partial charge in [0.05, 0.1) is 5.39 Å². The number of carbonyl (C=O) groups excluding carboxylic acids is 1. The smallest absolute Gasteiger partial charge is 0.287 e. The molecule has 0 bridgehead atoms. The molecule has 3 rings (SSSR count). The van der Waals surface area contributed by atoms with E-state index in [1.165, 1.54) is 6.07 Å².